The summed E-state index contributed by atoms with van der Waals surface area (Å²) in [7, 11) is 0. The average molecular weight is 466 g/mol. The minimum absolute atomic E-state index is 0.0290. The predicted octanol–water partition coefficient (Wildman–Crippen LogP) is 7.61. The third-order valence-electron chi connectivity index (χ3n) is 6.41. The van der Waals surface area contributed by atoms with Gasteiger partial charge in [-0.1, -0.05) is 50.2 Å². The quantitative estimate of drug-likeness (QED) is 0.260. The molecule has 0 unspecified atom stereocenters. The van der Waals surface area contributed by atoms with Gasteiger partial charge in [0.1, 0.15) is 5.82 Å². The Morgan fingerprint density at radius 3 is 2.60 bits per heavy atom. The van der Waals surface area contributed by atoms with Crippen molar-refractivity contribution in [2.24, 2.45) is 0 Å². The number of hydrogen-bond donors (Lipinski definition) is 2. The fraction of sp³-hybridized carbons (Fsp3) is 0.200. The van der Waals surface area contributed by atoms with Crippen molar-refractivity contribution in [1.82, 2.24) is 9.97 Å². The molecule has 2 aromatic heterocycles. The van der Waals surface area contributed by atoms with E-state index in [1.165, 1.54) is 11.6 Å². The first-order valence-electron chi connectivity index (χ1n) is 12.0. The van der Waals surface area contributed by atoms with Crippen molar-refractivity contribution in [2.45, 2.75) is 39.0 Å². The summed E-state index contributed by atoms with van der Waals surface area (Å²) in [4.78, 5) is 20.9. The number of para-hydroxylation sites is 1. The summed E-state index contributed by atoms with van der Waals surface area (Å²) in [6, 6.07) is 24.8. The molecule has 5 aromatic rings. The van der Waals surface area contributed by atoms with Crippen LogP contribution in [-0.4, -0.2) is 15.9 Å². The maximum Gasteiger partial charge on any atom is 0.224 e. The van der Waals surface area contributed by atoms with Gasteiger partial charge >= 0.3 is 0 Å². The van der Waals surface area contributed by atoms with Crippen LogP contribution in [0.2, 0.25) is 0 Å². The molecule has 3 aromatic carbocycles. The van der Waals surface area contributed by atoms with Crippen molar-refractivity contribution < 1.29 is 9.18 Å². The highest BCUT2D eigenvalue weighted by atomic mass is 19.1. The molecule has 0 fully saturated rings. The van der Waals surface area contributed by atoms with Crippen LogP contribution < -0.4 is 5.32 Å². The summed E-state index contributed by atoms with van der Waals surface area (Å²) in [5, 5.41) is 4.88. The lowest BCUT2D eigenvalue weighted by Gasteiger charge is -2.09. The fourth-order valence-electron chi connectivity index (χ4n) is 4.50. The number of rotatable bonds is 7. The zero-order chi connectivity index (χ0) is 24.4. The van der Waals surface area contributed by atoms with Crippen LogP contribution >= 0.6 is 0 Å². The lowest BCUT2D eigenvalue weighted by Crippen LogP contribution is -2.11. The first kappa shape index (κ1) is 22.8. The smallest absolute Gasteiger partial charge is 0.224 e. The number of benzene rings is 3. The van der Waals surface area contributed by atoms with Gasteiger partial charge in [-0.05, 0) is 72.4 Å². The lowest BCUT2D eigenvalue weighted by atomic mass is 10.0. The zero-order valence-electron chi connectivity index (χ0n) is 19.9. The summed E-state index contributed by atoms with van der Waals surface area (Å²) < 4.78 is 14.1. The number of pyridine rings is 1. The number of aromatic nitrogens is 2. The van der Waals surface area contributed by atoms with Gasteiger partial charge < -0.3 is 10.3 Å². The van der Waals surface area contributed by atoms with Crippen molar-refractivity contribution in [3.05, 3.63) is 95.8 Å². The zero-order valence-corrected chi connectivity index (χ0v) is 19.9. The number of amides is 1. The minimum Gasteiger partial charge on any atom is -0.353 e. The predicted molar refractivity (Wildman–Crippen MR) is 141 cm³/mol. The van der Waals surface area contributed by atoms with Crippen LogP contribution in [0.1, 0.15) is 43.7 Å². The van der Waals surface area contributed by atoms with Crippen LogP contribution in [0.3, 0.4) is 0 Å². The second kappa shape index (κ2) is 9.71. The Balaban J connectivity index is 1.36. The molecule has 2 N–H and O–H groups in total. The topological polar surface area (TPSA) is 57.8 Å². The Morgan fingerprint density at radius 1 is 1.00 bits per heavy atom. The molecule has 0 aliphatic carbocycles. The summed E-state index contributed by atoms with van der Waals surface area (Å²) in [6.07, 6.45) is 1.64. The molecule has 4 nitrogen and oxygen atoms in total. The van der Waals surface area contributed by atoms with Gasteiger partial charge in [0, 0.05) is 28.4 Å². The van der Waals surface area contributed by atoms with Crippen LogP contribution in [0.25, 0.3) is 33.2 Å². The van der Waals surface area contributed by atoms with E-state index in [0.717, 1.165) is 44.4 Å². The summed E-state index contributed by atoms with van der Waals surface area (Å²) >= 11 is 0. The van der Waals surface area contributed by atoms with E-state index >= 15 is 0 Å². The summed E-state index contributed by atoms with van der Waals surface area (Å²) in [6.45, 7) is 4.29. The molecule has 0 spiro atoms. The number of carbonyl (C=O) groups excluding carboxylic acids is 1. The van der Waals surface area contributed by atoms with Crippen molar-refractivity contribution in [2.75, 3.05) is 5.32 Å². The molecular weight excluding hydrogens is 437 g/mol. The molecule has 35 heavy (non-hydrogen) atoms. The third-order valence-corrected chi connectivity index (χ3v) is 6.41. The van der Waals surface area contributed by atoms with Crippen molar-refractivity contribution >= 4 is 33.4 Å². The Labute approximate surface area is 204 Å². The molecule has 5 rings (SSSR count). The number of nitrogens with zero attached hydrogens (tertiary/aromatic N) is 1. The number of halogens is 1. The Kier molecular flexibility index (Phi) is 6.32. The minimum atomic E-state index is -0.279. The maximum absolute atomic E-state index is 14.1. The number of anilines is 1. The number of fused-ring (bicyclic) bond motifs is 2. The number of aromatic amines is 1. The summed E-state index contributed by atoms with van der Waals surface area (Å²) in [5.74, 6) is 0.143. The molecule has 0 aliphatic heterocycles. The maximum atomic E-state index is 14.1. The van der Waals surface area contributed by atoms with Crippen molar-refractivity contribution in [3.8, 4) is 11.4 Å². The Hall–Kier alpha value is -3.99. The highest BCUT2D eigenvalue weighted by molar-refractivity contribution is 5.92. The van der Waals surface area contributed by atoms with E-state index in [1.54, 1.807) is 12.1 Å². The van der Waals surface area contributed by atoms with Gasteiger partial charge in [0.15, 0.2) is 0 Å². The lowest BCUT2D eigenvalue weighted by molar-refractivity contribution is -0.116. The number of nitrogens with one attached hydrogen (secondary N) is 2. The van der Waals surface area contributed by atoms with Gasteiger partial charge in [-0.3, -0.25) is 4.79 Å². The largest absolute Gasteiger partial charge is 0.353 e. The first-order valence-corrected chi connectivity index (χ1v) is 12.0. The molecule has 5 heteroatoms. The normalized spacial score (nSPS) is 11.4. The monoisotopic (exact) mass is 465 g/mol. The Bertz CT molecular complexity index is 1500. The third kappa shape index (κ3) is 4.94. The van der Waals surface area contributed by atoms with Gasteiger partial charge in [0.2, 0.25) is 5.91 Å². The molecule has 0 radical (unpaired) electrons. The summed E-state index contributed by atoms with van der Waals surface area (Å²) in [5.41, 5.74) is 6.48. The highest BCUT2D eigenvalue weighted by Crippen LogP contribution is 2.32. The van der Waals surface area contributed by atoms with E-state index in [1.807, 2.05) is 60.7 Å². The standard InChI is InChI=1S/C30H28FN3O/c1-19(2)20-10-14-23(15-11-20)32-29(35)9-5-7-24-25-18-22(31)13-17-27(25)34-30(24)28-16-12-21-6-3-4-8-26(21)33-28/h3-4,6,8,10-19,34H,5,7,9H2,1-2H3,(H,32,35). The molecular formula is C30H28FN3O. The number of H-pyrrole nitrogens is 1. The number of hydrogen-bond acceptors (Lipinski definition) is 2. The van der Waals surface area contributed by atoms with Gasteiger partial charge in [-0.2, -0.15) is 0 Å². The molecule has 0 atom stereocenters. The second-order valence-corrected chi connectivity index (χ2v) is 9.24. The Morgan fingerprint density at radius 2 is 1.80 bits per heavy atom. The number of carbonyl (C=O) groups is 1. The highest BCUT2D eigenvalue weighted by Gasteiger charge is 2.16. The first-order chi connectivity index (χ1) is 17.0. The van der Waals surface area contributed by atoms with Crippen LogP contribution in [0.5, 0.6) is 0 Å². The van der Waals surface area contributed by atoms with E-state index in [9.17, 15) is 9.18 Å². The number of aryl methyl sites for hydroxylation is 1. The molecule has 0 saturated carbocycles. The fourth-order valence-corrected chi connectivity index (χ4v) is 4.50. The molecule has 0 aliphatic rings. The van der Waals surface area contributed by atoms with Crippen LogP contribution in [0.4, 0.5) is 10.1 Å². The SMILES string of the molecule is CC(C)c1ccc(NC(=O)CCCc2c(-c3ccc4ccccc4n3)[nH]c3ccc(F)cc23)cc1. The average Bonchev–Trinajstić information content (AvgIpc) is 3.21. The van der Waals surface area contributed by atoms with E-state index < -0.39 is 0 Å². The molecule has 0 saturated heterocycles. The second-order valence-electron chi connectivity index (χ2n) is 9.24. The molecule has 1 amide bonds. The van der Waals surface area contributed by atoms with Gasteiger partial charge in [0.25, 0.3) is 0 Å². The molecule has 2 heterocycles. The van der Waals surface area contributed by atoms with Crippen LogP contribution in [0, 0.1) is 5.82 Å². The van der Waals surface area contributed by atoms with E-state index in [-0.39, 0.29) is 11.7 Å². The van der Waals surface area contributed by atoms with E-state index in [2.05, 4.69) is 24.1 Å². The van der Waals surface area contributed by atoms with E-state index in [4.69, 9.17) is 4.98 Å². The van der Waals surface area contributed by atoms with Gasteiger partial charge in [-0.15, -0.1) is 0 Å². The van der Waals surface area contributed by atoms with Crippen molar-refractivity contribution in [1.29, 1.82) is 0 Å². The molecule has 176 valence electrons. The van der Waals surface area contributed by atoms with Crippen LogP contribution in [0.15, 0.2) is 78.9 Å². The van der Waals surface area contributed by atoms with Gasteiger partial charge in [-0.25, -0.2) is 9.37 Å². The van der Waals surface area contributed by atoms with Gasteiger partial charge in [0.05, 0.1) is 16.9 Å². The molecule has 0 bridgehead atoms. The van der Waals surface area contributed by atoms with E-state index in [0.29, 0.717) is 25.2 Å². The van der Waals surface area contributed by atoms with Crippen molar-refractivity contribution in [3.63, 3.8) is 0 Å². The van der Waals surface area contributed by atoms with Crippen LogP contribution in [-0.2, 0) is 11.2 Å².